The quantitative estimate of drug-likeness (QED) is 0.705. The second-order valence-electron chi connectivity index (χ2n) is 6.32. The summed E-state index contributed by atoms with van der Waals surface area (Å²) < 4.78 is 31.1. The molecule has 0 radical (unpaired) electrons. The number of hydrogen-bond donors (Lipinski definition) is 2. The molecule has 0 bridgehead atoms. The molecule has 1 aliphatic rings. The average molecular weight is 407 g/mol. The number of carboxylic acids is 2. The maximum atomic E-state index is 14.2. The van der Waals surface area contributed by atoms with Gasteiger partial charge in [0.25, 0.3) is 0 Å². The maximum Gasteiger partial charge on any atom is 0.414 e. The van der Waals surface area contributed by atoms with E-state index in [0.717, 1.165) is 6.54 Å². The summed E-state index contributed by atoms with van der Waals surface area (Å²) in [5, 5.41) is 14.8. The number of benzene rings is 2. The minimum absolute atomic E-state index is 0.178. The molecule has 2 aromatic carbocycles. The van der Waals surface area contributed by atoms with E-state index in [0.29, 0.717) is 29.2 Å². The molecule has 8 nitrogen and oxygen atoms in total. The first-order valence-electron chi connectivity index (χ1n) is 8.70. The SMILES string of the molecule is CN(C)CCC(Oc1cccc2c1OCO2)c1ccccc1F.O=C(O)C(=O)O. The smallest absolute Gasteiger partial charge is 0.414 e. The summed E-state index contributed by atoms with van der Waals surface area (Å²) in [5.41, 5.74) is 0.547. The fourth-order valence-corrected chi connectivity index (χ4v) is 2.54. The highest BCUT2D eigenvalue weighted by molar-refractivity contribution is 6.27. The molecule has 0 saturated carbocycles. The van der Waals surface area contributed by atoms with Gasteiger partial charge in [0.2, 0.25) is 12.5 Å². The van der Waals surface area contributed by atoms with Gasteiger partial charge in [-0.05, 0) is 32.3 Å². The van der Waals surface area contributed by atoms with Crippen molar-refractivity contribution in [3.05, 3.63) is 53.8 Å². The molecule has 156 valence electrons. The number of carboxylic acid groups (broad SMARTS) is 2. The molecule has 3 rings (SSSR count). The van der Waals surface area contributed by atoms with E-state index < -0.39 is 18.0 Å². The fourth-order valence-electron chi connectivity index (χ4n) is 2.54. The van der Waals surface area contributed by atoms with Crippen molar-refractivity contribution < 1.29 is 38.4 Å². The Morgan fingerprint density at radius 3 is 2.41 bits per heavy atom. The predicted octanol–water partition coefficient (Wildman–Crippen LogP) is 2.78. The number of ether oxygens (including phenoxy) is 3. The predicted molar refractivity (Wildman–Crippen MR) is 101 cm³/mol. The molecule has 1 aliphatic heterocycles. The number of halogens is 1. The van der Waals surface area contributed by atoms with E-state index in [1.165, 1.54) is 6.07 Å². The van der Waals surface area contributed by atoms with Crippen LogP contribution in [0, 0.1) is 5.82 Å². The Morgan fingerprint density at radius 2 is 1.79 bits per heavy atom. The summed E-state index contributed by atoms with van der Waals surface area (Å²) in [7, 11) is 3.96. The van der Waals surface area contributed by atoms with E-state index in [1.807, 2.05) is 43.3 Å². The summed E-state index contributed by atoms with van der Waals surface area (Å²) in [5.74, 6) is -2.10. The number of fused-ring (bicyclic) bond motifs is 1. The van der Waals surface area contributed by atoms with Gasteiger partial charge in [-0.25, -0.2) is 14.0 Å². The first-order chi connectivity index (χ1) is 13.8. The minimum Gasteiger partial charge on any atom is -0.482 e. The van der Waals surface area contributed by atoms with Crippen LogP contribution in [0.4, 0.5) is 4.39 Å². The van der Waals surface area contributed by atoms with Crippen LogP contribution in [0.1, 0.15) is 18.1 Å². The van der Waals surface area contributed by atoms with Gasteiger partial charge < -0.3 is 29.3 Å². The highest BCUT2D eigenvalue weighted by atomic mass is 19.1. The molecule has 0 aromatic heterocycles. The molecule has 29 heavy (non-hydrogen) atoms. The molecule has 2 aromatic rings. The van der Waals surface area contributed by atoms with Crippen LogP contribution in [0.2, 0.25) is 0 Å². The second-order valence-corrected chi connectivity index (χ2v) is 6.32. The third-order valence-electron chi connectivity index (χ3n) is 3.90. The number of carbonyl (C=O) groups is 2. The topological polar surface area (TPSA) is 106 Å². The summed E-state index contributed by atoms with van der Waals surface area (Å²) in [4.78, 5) is 20.2. The largest absolute Gasteiger partial charge is 0.482 e. The van der Waals surface area contributed by atoms with Crippen molar-refractivity contribution in [2.45, 2.75) is 12.5 Å². The van der Waals surface area contributed by atoms with Crippen LogP contribution in [-0.4, -0.2) is 54.5 Å². The number of nitrogens with zero attached hydrogens (tertiary/aromatic N) is 1. The number of para-hydroxylation sites is 1. The van der Waals surface area contributed by atoms with Crippen LogP contribution in [0.5, 0.6) is 17.2 Å². The Hall–Kier alpha value is -3.33. The van der Waals surface area contributed by atoms with Crippen LogP contribution in [-0.2, 0) is 9.59 Å². The monoisotopic (exact) mass is 407 g/mol. The van der Waals surface area contributed by atoms with Crippen molar-refractivity contribution >= 4 is 11.9 Å². The molecule has 9 heteroatoms. The van der Waals surface area contributed by atoms with Crippen molar-refractivity contribution in [3.63, 3.8) is 0 Å². The van der Waals surface area contributed by atoms with E-state index in [9.17, 15) is 4.39 Å². The Balaban J connectivity index is 0.000000438. The van der Waals surface area contributed by atoms with Gasteiger partial charge in [0, 0.05) is 18.5 Å². The number of aliphatic carboxylic acids is 2. The van der Waals surface area contributed by atoms with Crippen LogP contribution >= 0.6 is 0 Å². The van der Waals surface area contributed by atoms with Crippen molar-refractivity contribution in [3.8, 4) is 17.2 Å². The Morgan fingerprint density at radius 1 is 1.10 bits per heavy atom. The lowest BCUT2D eigenvalue weighted by molar-refractivity contribution is -0.159. The van der Waals surface area contributed by atoms with Crippen molar-refractivity contribution in [2.24, 2.45) is 0 Å². The molecule has 1 atom stereocenters. The Bertz CT molecular complexity index is 844. The van der Waals surface area contributed by atoms with Gasteiger partial charge in [-0.2, -0.15) is 0 Å². The van der Waals surface area contributed by atoms with Crippen LogP contribution in [0.25, 0.3) is 0 Å². The minimum atomic E-state index is -1.82. The zero-order valence-corrected chi connectivity index (χ0v) is 16.0. The molecular weight excluding hydrogens is 385 g/mol. The molecular formula is C20H22FNO7. The molecule has 0 aliphatic carbocycles. The van der Waals surface area contributed by atoms with Gasteiger partial charge in [-0.15, -0.1) is 0 Å². The van der Waals surface area contributed by atoms with Crippen molar-refractivity contribution in [1.82, 2.24) is 4.90 Å². The standard InChI is InChI=1S/C18H20FNO3.C2H2O4/c1-20(2)11-10-15(13-6-3-4-7-14(13)19)23-17-9-5-8-16-18(17)22-12-21-16;3-1(4)2(5)6/h3-9,15H,10-12H2,1-2H3;(H,3,4)(H,5,6). The summed E-state index contributed by atoms with van der Waals surface area (Å²) >= 11 is 0. The molecule has 0 fully saturated rings. The van der Waals surface area contributed by atoms with Crippen LogP contribution in [0.15, 0.2) is 42.5 Å². The van der Waals surface area contributed by atoms with Gasteiger partial charge in [0.1, 0.15) is 11.9 Å². The number of rotatable bonds is 6. The first kappa shape index (κ1) is 22.0. The third kappa shape index (κ3) is 6.35. The van der Waals surface area contributed by atoms with Gasteiger partial charge in [0.15, 0.2) is 11.5 Å². The Labute approximate surface area is 167 Å². The lowest BCUT2D eigenvalue weighted by atomic mass is 10.1. The van der Waals surface area contributed by atoms with Crippen molar-refractivity contribution in [2.75, 3.05) is 27.4 Å². The van der Waals surface area contributed by atoms with E-state index in [-0.39, 0.29) is 12.6 Å². The van der Waals surface area contributed by atoms with E-state index in [1.54, 1.807) is 12.1 Å². The van der Waals surface area contributed by atoms with Crippen molar-refractivity contribution in [1.29, 1.82) is 0 Å². The molecule has 1 unspecified atom stereocenters. The Kier molecular flexibility index (Phi) is 7.79. The second kappa shape index (κ2) is 10.3. The average Bonchev–Trinajstić information content (AvgIpc) is 3.15. The van der Waals surface area contributed by atoms with Gasteiger partial charge in [0.05, 0.1) is 0 Å². The lowest BCUT2D eigenvalue weighted by Gasteiger charge is -2.22. The van der Waals surface area contributed by atoms with E-state index >= 15 is 0 Å². The van der Waals surface area contributed by atoms with E-state index in [4.69, 9.17) is 34.0 Å². The molecule has 1 heterocycles. The first-order valence-corrected chi connectivity index (χ1v) is 8.70. The molecule has 0 spiro atoms. The zero-order chi connectivity index (χ0) is 21.4. The molecule has 0 amide bonds. The third-order valence-corrected chi connectivity index (χ3v) is 3.90. The van der Waals surface area contributed by atoms with Gasteiger partial charge in [-0.3, -0.25) is 0 Å². The van der Waals surface area contributed by atoms with Crippen LogP contribution < -0.4 is 14.2 Å². The van der Waals surface area contributed by atoms with Crippen LogP contribution in [0.3, 0.4) is 0 Å². The van der Waals surface area contributed by atoms with E-state index in [2.05, 4.69) is 0 Å². The summed E-state index contributed by atoms with van der Waals surface area (Å²) in [6.07, 6.45) is 0.271. The lowest BCUT2D eigenvalue weighted by Crippen LogP contribution is -2.19. The molecule has 2 N–H and O–H groups in total. The maximum absolute atomic E-state index is 14.2. The highest BCUT2D eigenvalue weighted by Crippen LogP contribution is 2.42. The zero-order valence-electron chi connectivity index (χ0n) is 16.0. The summed E-state index contributed by atoms with van der Waals surface area (Å²) in [6, 6.07) is 12.2. The fraction of sp³-hybridized carbons (Fsp3) is 0.300. The number of hydrogen-bond acceptors (Lipinski definition) is 6. The normalized spacial score (nSPS) is 12.7. The molecule has 0 saturated heterocycles. The summed E-state index contributed by atoms with van der Waals surface area (Å²) in [6.45, 7) is 0.961. The highest BCUT2D eigenvalue weighted by Gasteiger charge is 2.23. The van der Waals surface area contributed by atoms with Gasteiger partial charge in [-0.1, -0.05) is 24.3 Å². The van der Waals surface area contributed by atoms with Gasteiger partial charge >= 0.3 is 11.9 Å².